The zero-order valence-electron chi connectivity index (χ0n) is 15.0. The molecule has 1 fully saturated rings. The summed E-state index contributed by atoms with van der Waals surface area (Å²) in [6, 6.07) is 13.7. The molecule has 4 rings (SSSR count). The van der Waals surface area contributed by atoms with E-state index in [-0.39, 0.29) is 12.0 Å². The molecule has 3 heterocycles. The third kappa shape index (κ3) is 3.84. The highest BCUT2D eigenvalue weighted by atomic mass is 16.5. The Bertz CT molecular complexity index is 925. The lowest BCUT2D eigenvalue weighted by molar-refractivity contribution is -0.126. The lowest BCUT2D eigenvalue weighted by Gasteiger charge is -2.14. The monoisotopic (exact) mass is 365 g/mol. The largest absolute Gasteiger partial charge is 0.364 e. The number of nitrogens with two attached hydrogens (primary N) is 1. The smallest absolute Gasteiger partial charge is 0.255 e. The van der Waals surface area contributed by atoms with E-state index < -0.39 is 6.10 Å². The van der Waals surface area contributed by atoms with Crippen LogP contribution in [0.2, 0.25) is 0 Å². The number of aryl methyl sites for hydroxylation is 2. The van der Waals surface area contributed by atoms with Gasteiger partial charge in [0.2, 0.25) is 5.95 Å². The molecule has 3 N–H and O–H groups in total. The van der Waals surface area contributed by atoms with E-state index >= 15 is 0 Å². The maximum Gasteiger partial charge on any atom is 0.255 e. The molecule has 0 bridgehead atoms. The van der Waals surface area contributed by atoms with Gasteiger partial charge in [-0.05, 0) is 37.1 Å². The Labute approximate surface area is 157 Å². The number of imidazole rings is 1. The van der Waals surface area contributed by atoms with Gasteiger partial charge >= 0.3 is 0 Å². The molecule has 27 heavy (non-hydrogen) atoms. The number of para-hydroxylation sites is 2. The van der Waals surface area contributed by atoms with Crippen molar-refractivity contribution in [2.24, 2.45) is 5.73 Å². The second-order valence-corrected chi connectivity index (χ2v) is 6.70. The van der Waals surface area contributed by atoms with Gasteiger partial charge in [0.1, 0.15) is 6.10 Å². The van der Waals surface area contributed by atoms with Crippen molar-refractivity contribution >= 4 is 22.9 Å². The molecule has 0 spiro atoms. The third-order valence-electron chi connectivity index (χ3n) is 4.87. The number of hydrogen-bond donors (Lipinski definition) is 2. The molecule has 7 nitrogen and oxygen atoms in total. The van der Waals surface area contributed by atoms with Gasteiger partial charge in [0.15, 0.2) is 0 Å². The Morgan fingerprint density at radius 2 is 2.07 bits per heavy atom. The van der Waals surface area contributed by atoms with E-state index in [9.17, 15) is 4.79 Å². The van der Waals surface area contributed by atoms with E-state index in [1.54, 1.807) is 6.20 Å². The third-order valence-corrected chi connectivity index (χ3v) is 4.87. The summed E-state index contributed by atoms with van der Waals surface area (Å²) in [7, 11) is 0. The highest BCUT2D eigenvalue weighted by molar-refractivity contribution is 5.94. The topological polar surface area (TPSA) is 95.1 Å². The predicted molar refractivity (Wildman–Crippen MR) is 103 cm³/mol. The van der Waals surface area contributed by atoms with Crippen LogP contribution in [0.4, 0.5) is 5.95 Å². The molecule has 1 saturated heterocycles. The van der Waals surface area contributed by atoms with Crippen LogP contribution in [0.15, 0.2) is 48.7 Å². The number of aromatic nitrogens is 3. The molecule has 0 aliphatic carbocycles. The van der Waals surface area contributed by atoms with E-state index in [4.69, 9.17) is 10.5 Å². The number of hydrogen-bond acceptors (Lipinski definition) is 5. The van der Waals surface area contributed by atoms with Crippen molar-refractivity contribution in [2.45, 2.75) is 38.0 Å². The number of nitrogens with zero attached hydrogens (tertiary/aromatic N) is 3. The Morgan fingerprint density at radius 1 is 1.22 bits per heavy atom. The quantitative estimate of drug-likeness (QED) is 0.698. The summed E-state index contributed by atoms with van der Waals surface area (Å²) in [5, 5.41) is 2.95. The van der Waals surface area contributed by atoms with Gasteiger partial charge in [-0.1, -0.05) is 18.2 Å². The zero-order valence-corrected chi connectivity index (χ0v) is 15.0. The second kappa shape index (κ2) is 7.85. The highest BCUT2D eigenvalue weighted by Gasteiger charge is 2.30. The van der Waals surface area contributed by atoms with Gasteiger partial charge in [0, 0.05) is 31.4 Å². The van der Waals surface area contributed by atoms with Crippen LogP contribution in [0.1, 0.15) is 18.5 Å². The van der Waals surface area contributed by atoms with Crippen molar-refractivity contribution in [1.29, 1.82) is 0 Å². The predicted octanol–water partition coefficient (Wildman–Crippen LogP) is 2.12. The second-order valence-electron chi connectivity index (χ2n) is 6.70. The number of amides is 1. The fourth-order valence-corrected chi connectivity index (χ4v) is 3.43. The summed E-state index contributed by atoms with van der Waals surface area (Å²) in [6.45, 7) is 1.11. The number of carbonyl (C=O) groups excluding carboxylic acids is 1. The number of rotatable bonds is 6. The summed E-state index contributed by atoms with van der Waals surface area (Å²) in [4.78, 5) is 21.6. The molecule has 140 valence electrons. The number of nitrogens with one attached hydrogen (secondary N) is 1. The van der Waals surface area contributed by atoms with Crippen LogP contribution in [0.3, 0.4) is 0 Å². The van der Waals surface area contributed by atoms with Crippen LogP contribution in [0.5, 0.6) is 0 Å². The van der Waals surface area contributed by atoms with Crippen LogP contribution in [-0.2, 0) is 22.5 Å². The van der Waals surface area contributed by atoms with Crippen molar-refractivity contribution in [3.05, 3.63) is 54.4 Å². The maximum atomic E-state index is 12.6. The van der Waals surface area contributed by atoms with Crippen molar-refractivity contribution in [2.75, 3.05) is 11.9 Å². The molecule has 2 aromatic heterocycles. The first kappa shape index (κ1) is 17.6. The molecule has 1 amide bonds. The molecule has 1 aromatic carbocycles. The number of carbonyl (C=O) groups is 1. The van der Waals surface area contributed by atoms with Gasteiger partial charge in [-0.15, -0.1) is 0 Å². The fraction of sp³-hybridized carbons (Fsp3) is 0.350. The van der Waals surface area contributed by atoms with Gasteiger partial charge in [-0.2, -0.15) is 0 Å². The standard InChI is InChI=1S/C20H23N5O2/c21-13-15-8-9-18(27-15)19(26)24-20-23-16-6-1-2-7-17(16)25(20)12-10-14-5-3-4-11-22-14/h1-7,11,15,18H,8-10,12-13,21H2,(H,23,24,26)/t15-,18+/m1/s1. The number of pyridine rings is 1. The Morgan fingerprint density at radius 3 is 2.85 bits per heavy atom. The molecule has 0 saturated carbocycles. The van der Waals surface area contributed by atoms with Crippen LogP contribution >= 0.6 is 0 Å². The molecular formula is C20H23N5O2. The Kier molecular flexibility index (Phi) is 5.13. The first-order valence-electron chi connectivity index (χ1n) is 9.26. The Hall–Kier alpha value is -2.77. The molecule has 0 radical (unpaired) electrons. The molecule has 2 atom stereocenters. The van der Waals surface area contributed by atoms with Crippen molar-refractivity contribution in [1.82, 2.24) is 14.5 Å². The van der Waals surface area contributed by atoms with Gasteiger partial charge in [-0.3, -0.25) is 15.1 Å². The van der Waals surface area contributed by atoms with Crippen LogP contribution in [-0.4, -0.2) is 39.2 Å². The van der Waals surface area contributed by atoms with Crippen molar-refractivity contribution in [3.63, 3.8) is 0 Å². The lowest BCUT2D eigenvalue weighted by Crippen LogP contribution is -2.30. The van der Waals surface area contributed by atoms with Crippen LogP contribution < -0.4 is 11.1 Å². The minimum absolute atomic E-state index is 0.0382. The lowest BCUT2D eigenvalue weighted by atomic mass is 10.2. The average Bonchev–Trinajstić information content (AvgIpc) is 3.32. The van der Waals surface area contributed by atoms with Crippen molar-refractivity contribution < 1.29 is 9.53 Å². The molecule has 0 unspecified atom stereocenters. The fourth-order valence-electron chi connectivity index (χ4n) is 3.43. The van der Waals surface area contributed by atoms with Crippen LogP contribution in [0, 0.1) is 0 Å². The first-order chi connectivity index (χ1) is 13.2. The maximum absolute atomic E-state index is 12.6. The Balaban J connectivity index is 1.55. The summed E-state index contributed by atoms with van der Waals surface area (Å²) in [5.74, 6) is 0.372. The number of anilines is 1. The number of fused-ring (bicyclic) bond motifs is 1. The van der Waals surface area contributed by atoms with E-state index in [1.807, 2.05) is 47.0 Å². The first-order valence-corrected chi connectivity index (χ1v) is 9.26. The van der Waals surface area contributed by atoms with Crippen molar-refractivity contribution in [3.8, 4) is 0 Å². The molecular weight excluding hydrogens is 342 g/mol. The molecule has 1 aliphatic heterocycles. The highest BCUT2D eigenvalue weighted by Crippen LogP contribution is 2.23. The normalized spacial score (nSPS) is 19.4. The van der Waals surface area contributed by atoms with Gasteiger partial charge in [0.25, 0.3) is 5.91 Å². The summed E-state index contributed by atoms with van der Waals surface area (Å²) < 4.78 is 7.73. The number of ether oxygens (including phenoxy) is 1. The van der Waals surface area contributed by atoms with E-state index in [2.05, 4.69) is 15.3 Å². The van der Waals surface area contributed by atoms with Gasteiger partial charge < -0.3 is 15.0 Å². The molecule has 7 heteroatoms. The molecule has 1 aliphatic rings. The van der Waals surface area contributed by atoms with E-state index in [1.165, 1.54) is 0 Å². The zero-order chi connectivity index (χ0) is 18.6. The van der Waals surface area contributed by atoms with Gasteiger partial charge in [0.05, 0.1) is 17.1 Å². The van der Waals surface area contributed by atoms with E-state index in [0.717, 1.165) is 29.6 Å². The summed E-state index contributed by atoms with van der Waals surface area (Å²) >= 11 is 0. The molecule has 3 aromatic rings. The van der Waals surface area contributed by atoms with Gasteiger partial charge in [-0.25, -0.2) is 4.98 Å². The minimum Gasteiger partial charge on any atom is -0.364 e. The van der Waals surface area contributed by atoms with Crippen LogP contribution in [0.25, 0.3) is 11.0 Å². The summed E-state index contributed by atoms with van der Waals surface area (Å²) in [5.41, 5.74) is 8.47. The van der Waals surface area contributed by atoms with E-state index in [0.29, 0.717) is 25.5 Å². The summed E-state index contributed by atoms with van der Waals surface area (Å²) in [6.07, 6.45) is 3.52. The minimum atomic E-state index is -0.470. The SMILES string of the molecule is NC[C@H]1CC[C@@H](C(=O)Nc2nc3ccccc3n2CCc2ccccn2)O1. The number of benzene rings is 1. The average molecular weight is 365 g/mol.